The molecular formula is C17H21NO5. The van der Waals surface area contributed by atoms with Crippen molar-refractivity contribution in [2.45, 2.75) is 33.6 Å². The molecule has 6 heteroatoms. The van der Waals surface area contributed by atoms with Crippen LogP contribution in [0.3, 0.4) is 0 Å². The molecule has 2 atom stereocenters. The highest BCUT2D eigenvalue weighted by Crippen LogP contribution is 2.56. The van der Waals surface area contributed by atoms with E-state index in [-0.39, 0.29) is 11.5 Å². The molecule has 0 aromatic heterocycles. The Kier molecular flexibility index (Phi) is 4.20. The predicted octanol–water partition coefficient (Wildman–Crippen LogP) is 2.85. The largest absolute Gasteiger partial charge is 0.481 e. The molecule has 0 aliphatic heterocycles. The second kappa shape index (κ2) is 5.68. The summed E-state index contributed by atoms with van der Waals surface area (Å²) in [6.45, 7) is 5.27. The first-order valence-corrected chi connectivity index (χ1v) is 7.47. The Balaban J connectivity index is 2.21. The summed E-state index contributed by atoms with van der Waals surface area (Å²) >= 11 is 0. The molecule has 1 aliphatic carbocycles. The number of rotatable bonds is 4. The number of carboxylic acid groups (broad SMARTS) is 2. The lowest BCUT2D eigenvalue weighted by atomic mass is 9.65. The lowest BCUT2D eigenvalue weighted by Gasteiger charge is -2.37. The van der Waals surface area contributed by atoms with Gasteiger partial charge < -0.3 is 15.5 Å². The molecule has 23 heavy (non-hydrogen) atoms. The number of aliphatic carboxylic acids is 1. The number of amides is 1. The van der Waals surface area contributed by atoms with Gasteiger partial charge in [-0.1, -0.05) is 19.9 Å². The van der Waals surface area contributed by atoms with Crippen LogP contribution in [0.2, 0.25) is 0 Å². The van der Waals surface area contributed by atoms with Gasteiger partial charge in [0.1, 0.15) is 0 Å². The molecule has 1 amide bonds. The number of hydrogen-bond donors (Lipinski definition) is 3. The highest BCUT2D eigenvalue weighted by Gasteiger charge is 2.58. The molecular weight excluding hydrogens is 298 g/mol. The first-order chi connectivity index (χ1) is 10.6. The smallest absolute Gasteiger partial charge is 0.335 e. The van der Waals surface area contributed by atoms with Crippen LogP contribution in [0.1, 0.15) is 44.0 Å². The fraction of sp³-hybridized carbons (Fsp3) is 0.471. The number of hydrogen-bond acceptors (Lipinski definition) is 3. The molecule has 0 heterocycles. The summed E-state index contributed by atoms with van der Waals surface area (Å²) < 4.78 is 0. The molecule has 6 nitrogen and oxygen atoms in total. The topological polar surface area (TPSA) is 104 Å². The number of carbonyl (C=O) groups excluding carboxylic acids is 1. The van der Waals surface area contributed by atoms with Gasteiger partial charge in [0.2, 0.25) is 5.91 Å². The standard InChI is InChI=1S/C17H21NO5/c1-16(2)12(7-8-17(16,3)15(22)23)13(19)18-11-6-4-5-10(9-11)14(20)21/h4-6,9,12H,7-8H2,1-3H3,(H,18,19)(H,20,21)(H,22,23). The third-order valence-electron chi connectivity index (χ3n) is 5.39. The van der Waals surface area contributed by atoms with Gasteiger partial charge in [-0.3, -0.25) is 9.59 Å². The number of anilines is 1. The Hall–Kier alpha value is -2.37. The van der Waals surface area contributed by atoms with Crippen molar-refractivity contribution in [3.8, 4) is 0 Å². The van der Waals surface area contributed by atoms with E-state index in [1.807, 2.05) is 0 Å². The molecule has 3 N–H and O–H groups in total. The normalized spacial score (nSPS) is 25.8. The third-order valence-corrected chi connectivity index (χ3v) is 5.39. The minimum Gasteiger partial charge on any atom is -0.481 e. The van der Waals surface area contributed by atoms with Crippen LogP contribution in [0.25, 0.3) is 0 Å². The van der Waals surface area contributed by atoms with E-state index < -0.39 is 28.7 Å². The van der Waals surface area contributed by atoms with Crippen LogP contribution in [-0.2, 0) is 9.59 Å². The molecule has 0 saturated heterocycles. The molecule has 0 radical (unpaired) electrons. The van der Waals surface area contributed by atoms with Gasteiger partial charge in [-0.2, -0.15) is 0 Å². The predicted molar refractivity (Wildman–Crippen MR) is 84.3 cm³/mol. The Morgan fingerprint density at radius 3 is 2.35 bits per heavy atom. The van der Waals surface area contributed by atoms with Crippen molar-refractivity contribution in [1.82, 2.24) is 0 Å². The molecule has 2 unspecified atom stereocenters. The summed E-state index contributed by atoms with van der Waals surface area (Å²) in [6, 6.07) is 6.00. The molecule has 1 aromatic rings. The fourth-order valence-corrected chi connectivity index (χ4v) is 3.30. The quantitative estimate of drug-likeness (QED) is 0.791. The molecule has 1 saturated carbocycles. The van der Waals surface area contributed by atoms with Gasteiger partial charge in [-0.25, -0.2) is 4.79 Å². The summed E-state index contributed by atoms with van der Waals surface area (Å²) in [7, 11) is 0. The molecule has 1 aliphatic rings. The van der Waals surface area contributed by atoms with Crippen molar-refractivity contribution in [3.63, 3.8) is 0 Å². The number of nitrogens with one attached hydrogen (secondary N) is 1. The van der Waals surface area contributed by atoms with Gasteiger partial charge in [0.15, 0.2) is 0 Å². The zero-order chi connectivity index (χ0) is 17.4. The maximum atomic E-state index is 12.6. The summed E-state index contributed by atoms with van der Waals surface area (Å²) in [5, 5.41) is 21.2. The Labute approximate surface area is 134 Å². The molecule has 2 rings (SSSR count). The third kappa shape index (κ3) is 2.81. The molecule has 0 spiro atoms. The van der Waals surface area contributed by atoms with Crippen LogP contribution in [-0.4, -0.2) is 28.1 Å². The van der Waals surface area contributed by atoms with E-state index >= 15 is 0 Å². The summed E-state index contributed by atoms with van der Waals surface area (Å²) in [5.41, 5.74) is -1.18. The van der Waals surface area contributed by atoms with Crippen molar-refractivity contribution in [3.05, 3.63) is 29.8 Å². The number of carbonyl (C=O) groups is 3. The van der Waals surface area contributed by atoms with Crippen molar-refractivity contribution >= 4 is 23.5 Å². The van der Waals surface area contributed by atoms with Gasteiger partial charge in [-0.05, 0) is 43.4 Å². The Morgan fingerprint density at radius 1 is 1.17 bits per heavy atom. The van der Waals surface area contributed by atoms with Crippen molar-refractivity contribution in [1.29, 1.82) is 0 Å². The minimum absolute atomic E-state index is 0.0869. The van der Waals surface area contributed by atoms with Gasteiger partial charge in [-0.15, -0.1) is 0 Å². The average Bonchev–Trinajstić information content (AvgIpc) is 2.71. The first kappa shape index (κ1) is 17.0. The SMILES string of the molecule is CC1(C(=O)O)CCC(C(=O)Nc2cccc(C(=O)O)c2)C1(C)C. The van der Waals surface area contributed by atoms with Gasteiger partial charge in [0, 0.05) is 11.6 Å². The van der Waals surface area contributed by atoms with Crippen molar-refractivity contribution in [2.75, 3.05) is 5.32 Å². The second-order valence-corrected chi connectivity index (χ2v) is 6.83. The van der Waals surface area contributed by atoms with Gasteiger partial charge in [0.25, 0.3) is 0 Å². The number of carboxylic acids is 2. The van der Waals surface area contributed by atoms with E-state index in [4.69, 9.17) is 5.11 Å². The zero-order valence-electron chi connectivity index (χ0n) is 13.4. The van der Waals surface area contributed by atoms with Crippen molar-refractivity contribution in [2.24, 2.45) is 16.7 Å². The number of benzene rings is 1. The summed E-state index contributed by atoms with van der Waals surface area (Å²) in [6.07, 6.45) is 0.919. The zero-order valence-corrected chi connectivity index (χ0v) is 13.4. The van der Waals surface area contributed by atoms with Gasteiger partial charge in [0.05, 0.1) is 11.0 Å². The van der Waals surface area contributed by atoms with Crippen molar-refractivity contribution < 1.29 is 24.6 Å². The minimum atomic E-state index is -1.07. The monoisotopic (exact) mass is 319 g/mol. The van der Waals surface area contributed by atoms with Crippen LogP contribution in [0, 0.1) is 16.7 Å². The second-order valence-electron chi connectivity index (χ2n) is 6.83. The molecule has 124 valence electrons. The summed E-state index contributed by atoms with van der Waals surface area (Å²) in [5.74, 6) is -2.69. The van der Waals surface area contributed by atoms with E-state index in [9.17, 15) is 19.5 Å². The fourth-order valence-electron chi connectivity index (χ4n) is 3.30. The van der Waals surface area contributed by atoms with E-state index in [1.165, 1.54) is 12.1 Å². The highest BCUT2D eigenvalue weighted by atomic mass is 16.4. The van der Waals surface area contributed by atoms with E-state index in [1.54, 1.807) is 32.9 Å². The van der Waals surface area contributed by atoms with Crippen LogP contribution < -0.4 is 5.32 Å². The first-order valence-electron chi connectivity index (χ1n) is 7.47. The van der Waals surface area contributed by atoms with E-state index in [0.717, 1.165) is 0 Å². The molecule has 1 fully saturated rings. The Morgan fingerprint density at radius 2 is 1.83 bits per heavy atom. The Bertz CT molecular complexity index is 667. The van der Waals surface area contributed by atoms with E-state index in [2.05, 4.69) is 5.32 Å². The average molecular weight is 319 g/mol. The van der Waals surface area contributed by atoms with E-state index in [0.29, 0.717) is 18.5 Å². The number of aromatic carboxylic acids is 1. The van der Waals surface area contributed by atoms with Crippen LogP contribution >= 0.6 is 0 Å². The van der Waals surface area contributed by atoms with Crippen LogP contribution in [0.4, 0.5) is 5.69 Å². The molecule has 1 aromatic carbocycles. The van der Waals surface area contributed by atoms with Gasteiger partial charge >= 0.3 is 11.9 Å². The highest BCUT2D eigenvalue weighted by molar-refractivity contribution is 5.96. The lowest BCUT2D eigenvalue weighted by molar-refractivity contribution is -0.154. The summed E-state index contributed by atoms with van der Waals surface area (Å²) in [4.78, 5) is 35.1. The van der Waals surface area contributed by atoms with Crippen LogP contribution in [0.5, 0.6) is 0 Å². The maximum Gasteiger partial charge on any atom is 0.335 e. The van der Waals surface area contributed by atoms with Crippen LogP contribution in [0.15, 0.2) is 24.3 Å². The maximum absolute atomic E-state index is 12.6. The molecule has 0 bridgehead atoms. The lowest BCUT2D eigenvalue weighted by Crippen LogP contribution is -2.43.